The quantitative estimate of drug-likeness (QED) is 0.550. The lowest BCUT2D eigenvalue weighted by atomic mass is 9.96. The zero-order valence-corrected chi connectivity index (χ0v) is 6.83. The second-order valence-corrected chi connectivity index (χ2v) is 3.37. The van der Waals surface area contributed by atoms with Crippen LogP contribution < -0.4 is 5.32 Å². The molecular formula is C8H12NO2. The highest BCUT2D eigenvalue weighted by atomic mass is 16.2. The topological polar surface area (TPSA) is 48.2 Å². The SMILES string of the molecule is CC(C)CC1CC(=O)[N]C1=O. The Labute approximate surface area is 66.2 Å². The minimum Gasteiger partial charge on any atom is -0.272 e. The molecule has 0 aromatic carbocycles. The van der Waals surface area contributed by atoms with Gasteiger partial charge in [-0.1, -0.05) is 13.8 Å². The highest BCUT2D eigenvalue weighted by Crippen LogP contribution is 2.20. The van der Waals surface area contributed by atoms with Gasteiger partial charge in [-0.3, -0.25) is 9.59 Å². The van der Waals surface area contributed by atoms with E-state index in [1.807, 2.05) is 13.8 Å². The summed E-state index contributed by atoms with van der Waals surface area (Å²) in [6.45, 7) is 4.08. The number of hydrogen-bond donors (Lipinski definition) is 0. The molecule has 1 aliphatic rings. The third-order valence-electron chi connectivity index (χ3n) is 1.76. The van der Waals surface area contributed by atoms with Crippen molar-refractivity contribution < 1.29 is 9.59 Å². The fourth-order valence-corrected chi connectivity index (χ4v) is 1.31. The van der Waals surface area contributed by atoms with E-state index in [1.54, 1.807) is 0 Å². The van der Waals surface area contributed by atoms with Gasteiger partial charge in [-0.25, -0.2) is 0 Å². The second kappa shape index (κ2) is 3.03. The molecule has 0 aromatic heterocycles. The number of rotatable bonds is 2. The van der Waals surface area contributed by atoms with Gasteiger partial charge in [0.05, 0.1) is 0 Å². The van der Waals surface area contributed by atoms with E-state index in [2.05, 4.69) is 5.32 Å². The predicted molar refractivity (Wildman–Crippen MR) is 39.7 cm³/mol. The van der Waals surface area contributed by atoms with Crippen molar-refractivity contribution >= 4 is 11.8 Å². The lowest BCUT2D eigenvalue weighted by Gasteiger charge is -2.06. The Morgan fingerprint density at radius 3 is 2.55 bits per heavy atom. The van der Waals surface area contributed by atoms with Crippen molar-refractivity contribution in [3.8, 4) is 0 Å². The molecule has 0 N–H and O–H groups in total. The number of nitrogens with zero attached hydrogens (tertiary/aromatic N) is 1. The molecule has 3 heteroatoms. The van der Waals surface area contributed by atoms with Crippen LogP contribution in [0.5, 0.6) is 0 Å². The molecule has 0 aromatic rings. The molecule has 1 radical (unpaired) electrons. The molecule has 1 aliphatic heterocycles. The van der Waals surface area contributed by atoms with Crippen molar-refractivity contribution in [2.45, 2.75) is 26.7 Å². The molecular weight excluding hydrogens is 142 g/mol. The summed E-state index contributed by atoms with van der Waals surface area (Å²) in [6, 6.07) is 0. The van der Waals surface area contributed by atoms with Crippen LogP contribution in [0.3, 0.4) is 0 Å². The molecule has 0 saturated carbocycles. The first kappa shape index (κ1) is 8.24. The van der Waals surface area contributed by atoms with Gasteiger partial charge in [-0.2, -0.15) is 5.32 Å². The standard InChI is InChI=1S/C8H12NO2/c1-5(2)3-6-4-7(10)9-8(6)11/h5-6H,3-4H2,1-2H3. The molecule has 1 rings (SSSR count). The largest absolute Gasteiger partial charge is 0.272 e. The maximum Gasteiger partial charge on any atom is 0.252 e. The average Bonchev–Trinajstić information content (AvgIpc) is 2.09. The average molecular weight is 154 g/mol. The minimum absolute atomic E-state index is 0.123. The van der Waals surface area contributed by atoms with Crippen molar-refractivity contribution in [3.05, 3.63) is 0 Å². The van der Waals surface area contributed by atoms with Gasteiger partial charge in [0, 0.05) is 12.3 Å². The van der Waals surface area contributed by atoms with Crippen molar-refractivity contribution in [2.75, 3.05) is 0 Å². The summed E-state index contributed by atoms with van der Waals surface area (Å²) in [5, 5.41) is 3.35. The van der Waals surface area contributed by atoms with Crippen LogP contribution in [0.1, 0.15) is 26.7 Å². The van der Waals surface area contributed by atoms with Gasteiger partial charge in [-0.05, 0) is 12.3 Å². The van der Waals surface area contributed by atoms with Gasteiger partial charge >= 0.3 is 0 Å². The summed E-state index contributed by atoms with van der Waals surface area (Å²) in [6.07, 6.45) is 1.12. The maximum absolute atomic E-state index is 10.9. The lowest BCUT2D eigenvalue weighted by Crippen LogP contribution is -2.15. The Balaban J connectivity index is 2.47. The molecule has 2 amide bonds. The van der Waals surface area contributed by atoms with Crippen LogP contribution >= 0.6 is 0 Å². The molecule has 1 fully saturated rings. The van der Waals surface area contributed by atoms with Gasteiger partial charge in [0.1, 0.15) is 0 Å². The Morgan fingerprint density at radius 1 is 1.55 bits per heavy atom. The fraction of sp³-hybridized carbons (Fsp3) is 0.750. The van der Waals surface area contributed by atoms with E-state index >= 15 is 0 Å². The molecule has 1 heterocycles. The first-order chi connectivity index (χ1) is 5.09. The van der Waals surface area contributed by atoms with Crippen molar-refractivity contribution in [2.24, 2.45) is 11.8 Å². The Bertz CT molecular complexity index is 187. The fourth-order valence-electron chi connectivity index (χ4n) is 1.31. The van der Waals surface area contributed by atoms with Crippen LogP contribution in [0, 0.1) is 11.8 Å². The summed E-state index contributed by atoms with van der Waals surface area (Å²) in [4.78, 5) is 21.6. The smallest absolute Gasteiger partial charge is 0.252 e. The summed E-state index contributed by atoms with van der Waals surface area (Å²) in [5.74, 6) is -0.128. The third-order valence-corrected chi connectivity index (χ3v) is 1.76. The highest BCUT2D eigenvalue weighted by Gasteiger charge is 2.32. The second-order valence-electron chi connectivity index (χ2n) is 3.37. The summed E-state index contributed by atoms with van der Waals surface area (Å²) >= 11 is 0. The van der Waals surface area contributed by atoms with Gasteiger partial charge in [-0.15, -0.1) is 0 Å². The van der Waals surface area contributed by atoms with Crippen LogP contribution in [0.15, 0.2) is 0 Å². The summed E-state index contributed by atoms with van der Waals surface area (Å²) in [5.41, 5.74) is 0. The van der Waals surface area contributed by atoms with Gasteiger partial charge in [0.25, 0.3) is 5.91 Å². The minimum atomic E-state index is -0.249. The van der Waals surface area contributed by atoms with E-state index in [9.17, 15) is 9.59 Å². The van der Waals surface area contributed by atoms with Crippen LogP contribution in [-0.2, 0) is 9.59 Å². The zero-order valence-electron chi connectivity index (χ0n) is 6.83. The van der Waals surface area contributed by atoms with Gasteiger partial charge in [0.2, 0.25) is 5.91 Å². The van der Waals surface area contributed by atoms with Crippen LogP contribution in [0.25, 0.3) is 0 Å². The molecule has 1 unspecified atom stereocenters. The summed E-state index contributed by atoms with van der Waals surface area (Å²) < 4.78 is 0. The number of imide groups is 1. The lowest BCUT2D eigenvalue weighted by molar-refractivity contribution is -0.126. The van der Waals surface area contributed by atoms with E-state index in [1.165, 1.54) is 0 Å². The molecule has 0 aliphatic carbocycles. The van der Waals surface area contributed by atoms with Crippen LogP contribution in [0.2, 0.25) is 0 Å². The molecule has 11 heavy (non-hydrogen) atoms. The first-order valence-corrected chi connectivity index (χ1v) is 3.88. The van der Waals surface area contributed by atoms with E-state index in [0.29, 0.717) is 12.3 Å². The van der Waals surface area contributed by atoms with Gasteiger partial charge < -0.3 is 0 Å². The molecule has 0 bridgehead atoms. The number of carbonyl (C=O) groups is 2. The zero-order chi connectivity index (χ0) is 8.43. The van der Waals surface area contributed by atoms with Crippen molar-refractivity contribution in [1.29, 1.82) is 0 Å². The van der Waals surface area contributed by atoms with E-state index < -0.39 is 0 Å². The van der Waals surface area contributed by atoms with Crippen molar-refractivity contribution in [1.82, 2.24) is 5.32 Å². The van der Waals surface area contributed by atoms with Crippen LogP contribution in [0.4, 0.5) is 0 Å². The Kier molecular flexibility index (Phi) is 2.27. The molecule has 3 nitrogen and oxygen atoms in total. The highest BCUT2D eigenvalue weighted by molar-refractivity contribution is 6.02. The maximum atomic E-state index is 10.9. The van der Waals surface area contributed by atoms with E-state index in [0.717, 1.165) is 6.42 Å². The predicted octanol–water partition coefficient (Wildman–Crippen LogP) is 0.710. The van der Waals surface area contributed by atoms with Crippen LogP contribution in [-0.4, -0.2) is 11.8 Å². The number of hydrogen-bond acceptors (Lipinski definition) is 2. The van der Waals surface area contributed by atoms with Crippen molar-refractivity contribution in [3.63, 3.8) is 0 Å². The number of carbonyl (C=O) groups excluding carboxylic acids is 2. The monoisotopic (exact) mass is 154 g/mol. The summed E-state index contributed by atoms with van der Waals surface area (Å²) in [7, 11) is 0. The normalized spacial score (nSPS) is 24.5. The Morgan fingerprint density at radius 2 is 2.18 bits per heavy atom. The van der Waals surface area contributed by atoms with E-state index in [-0.39, 0.29) is 17.7 Å². The third kappa shape index (κ3) is 2.03. The molecule has 1 saturated heterocycles. The van der Waals surface area contributed by atoms with E-state index in [4.69, 9.17) is 0 Å². The molecule has 0 spiro atoms. The number of amides is 2. The molecule has 61 valence electrons. The Hall–Kier alpha value is -0.860. The first-order valence-electron chi connectivity index (χ1n) is 3.88. The molecule has 1 atom stereocenters. The van der Waals surface area contributed by atoms with Gasteiger partial charge in [0.15, 0.2) is 0 Å².